The van der Waals surface area contributed by atoms with Crippen LogP contribution in [0.25, 0.3) is 6.08 Å². The van der Waals surface area contributed by atoms with Crippen LogP contribution in [-0.4, -0.2) is 12.6 Å². The summed E-state index contributed by atoms with van der Waals surface area (Å²) < 4.78 is 1.08. The van der Waals surface area contributed by atoms with E-state index in [2.05, 4.69) is 47.2 Å². The van der Waals surface area contributed by atoms with Crippen LogP contribution in [0.1, 0.15) is 51.5 Å². The van der Waals surface area contributed by atoms with Gasteiger partial charge in [0, 0.05) is 22.1 Å². The molecule has 21 heavy (non-hydrogen) atoms. The van der Waals surface area contributed by atoms with E-state index in [1.54, 1.807) is 0 Å². The molecule has 0 unspecified atom stereocenters. The van der Waals surface area contributed by atoms with E-state index < -0.39 is 0 Å². The lowest BCUT2D eigenvalue weighted by molar-refractivity contribution is 0.394. The molecule has 0 radical (unpaired) electrons. The SMILES string of the molecule is CC(C)NC/C(=C/c1cc(Br)ccc1Cl)C1CCCCC1. The molecule has 1 aromatic carbocycles. The number of nitrogens with one attached hydrogen (secondary N) is 1. The molecule has 0 heterocycles. The molecule has 0 aromatic heterocycles. The van der Waals surface area contributed by atoms with Crippen LogP contribution in [0.15, 0.2) is 28.2 Å². The minimum absolute atomic E-state index is 0.509. The van der Waals surface area contributed by atoms with Crippen molar-refractivity contribution in [3.05, 3.63) is 38.8 Å². The lowest BCUT2D eigenvalue weighted by Crippen LogP contribution is -2.27. The topological polar surface area (TPSA) is 12.0 Å². The highest BCUT2D eigenvalue weighted by Crippen LogP contribution is 2.32. The van der Waals surface area contributed by atoms with Crippen molar-refractivity contribution in [1.29, 1.82) is 0 Å². The van der Waals surface area contributed by atoms with Crippen LogP contribution in [0.5, 0.6) is 0 Å². The van der Waals surface area contributed by atoms with Gasteiger partial charge in [-0.05, 0) is 42.5 Å². The molecule has 0 amide bonds. The summed E-state index contributed by atoms with van der Waals surface area (Å²) in [7, 11) is 0. The van der Waals surface area contributed by atoms with E-state index in [1.165, 1.54) is 37.7 Å². The summed E-state index contributed by atoms with van der Waals surface area (Å²) in [6, 6.07) is 6.58. The first kappa shape index (κ1) is 17.1. The van der Waals surface area contributed by atoms with E-state index >= 15 is 0 Å². The summed E-state index contributed by atoms with van der Waals surface area (Å²) in [5.41, 5.74) is 2.63. The Morgan fingerprint density at radius 2 is 2.05 bits per heavy atom. The van der Waals surface area contributed by atoms with Crippen molar-refractivity contribution in [2.75, 3.05) is 6.54 Å². The number of hydrogen-bond donors (Lipinski definition) is 1. The van der Waals surface area contributed by atoms with Gasteiger partial charge in [-0.15, -0.1) is 0 Å². The monoisotopic (exact) mass is 369 g/mol. The molecular formula is C18H25BrClN. The Kier molecular flexibility index (Phi) is 6.78. The molecule has 0 aliphatic heterocycles. The molecule has 0 saturated heterocycles. The zero-order valence-corrected chi connectivity index (χ0v) is 15.3. The standard InChI is InChI=1S/C18H25BrClN/c1-13(2)21-12-16(14-6-4-3-5-7-14)10-15-11-17(19)8-9-18(15)20/h8-11,13-14,21H,3-7,12H2,1-2H3/b16-10-. The molecule has 3 heteroatoms. The van der Waals surface area contributed by atoms with Crippen LogP contribution in [0.2, 0.25) is 5.02 Å². The fourth-order valence-corrected chi connectivity index (χ4v) is 3.48. The van der Waals surface area contributed by atoms with Crippen LogP contribution >= 0.6 is 27.5 Å². The first-order valence-corrected chi connectivity index (χ1v) is 9.12. The van der Waals surface area contributed by atoms with Gasteiger partial charge in [0.2, 0.25) is 0 Å². The molecule has 0 bridgehead atoms. The Bertz CT molecular complexity index is 490. The fourth-order valence-electron chi connectivity index (χ4n) is 2.93. The Morgan fingerprint density at radius 3 is 2.71 bits per heavy atom. The van der Waals surface area contributed by atoms with E-state index in [0.717, 1.165) is 21.6 Å². The fraction of sp³-hybridized carbons (Fsp3) is 0.556. The molecule has 1 N–H and O–H groups in total. The molecule has 1 aliphatic carbocycles. The third-order valence-corrected chi connectivity index (χ3v) is 4.98. The molecule has 1 saturated carbocycles. The van der Waals surface area contributed by atoms with Crippen molar-refractivity contribution in [2.45, 2.75) is 52.0 Å². The van der Waals surface area contributed by atoms with E-state index in [9.17, 15) is 0 Å². The zero-order chi connectivity index (χ0) is 15.2. The largest absolute Gasteiger partial charge is 0.311 e. The third kappa shape index (κ3) is 5.43. The first-order chi connectivity index (χ1) is 10.1. The summed E-state index contributed by atoms with van der Waals surface area (Å²) in [6.07, 6.45) is 9.04. The van der Waals surface area contributed by atoms with Gasteiger partial charge in [0.25, 0.3) is 0 Å². The summed E-state index contributed by atoms with van der Waals surface area (Å²) in [4.78, 5) is 0. The van der Waals surface area contributed by atoms with E-state index in [1.807, 2.05) is 12.1 Å². The number of halogens is 2. The number of hydrogen-bond acceptors (Lipinski definition) is 1. The second kappa shape index (κ2) is 8.36. The van der Waals surface area contributed by atoms with Crippen molar-refractivity contribution in [1.82, 2.24) is 5.32 Å². The van der Waals surface area contributed by atoms with Crippen molar-refractivity contribution < 1.29 is 0 Å². The maximum absolute atomic E-state index is 6.36. The minimum Gasteiger partial charge on any atom is -0.311 e. The second-order valence-electron chi connectivity index (χ2n) is 6.26. The lowest BCUT2D eigenvalue weighted by atomic mass is 9.83. The van der Waals surface area contributed by atoms with Crippen molar-refractivity contribution >= 4 is 33.6 Å². The van der Waals surface area contributed by atoms with Crippen LogP contribution < -0.4 is 5.32 Å². The van der Waals surface area contributed by atoms with E-state index in [4.69, 9.17) is 11.6 Å². The van der Waals surface area contributed by atoms with Gasteiger partial charge in [-0.1, -0.05) is 72.3 Å². The van der Waals surface area contributed by atoms with Crippen LogP contribution in [0.4, 0.5) is 0 Å². The molecule has 0 spiro atoms. The predicted molar refractivity (Wildman–Crippen MR) is 96.8 cm³/mol. The van der Waals surface area contributed by atoms with Gasteiger partial charge in [-0.3, -0.25) is 0 Å². The predicted octanol–water partition coefficient (Wildman–Crippen LogP) is 6.06. The highest BCUT2D eigenvalue weighted by atomic mass is 79.9. The van der Waals surface area contributed by atoms with Crippen LogP contribution in [-0.2, 0) is 0 Å². The highest BCUT2D eigenvalue weighted by Gasteiger charge is 2.18. The Labute approximate surface area is 142 Å². The summed E-state index contributed by atoms with van der Waals surface area (Å²) >= 11 is 9.90. The molecular weight excluding hydrogens is 346 g/mol. The van der Waals surface area contributed by atoms with Crippen molar-refractivity contribution in [2.24, 2.45) is 5.92 Å². The second-order valence-corrected chi connectivity index (χ2v) is 7.58. The van der Waals surface area contributed by atoms with Gasteiger partial charge in [0.1, 0.15) is 0 Å². The van der Waals surface area contributed by atoms with Gasteiger partial charge >= 0.3 is 0 Å². The Hall–Kier alpha value is -0.310. The van der Waals surface area contributed by atoms with Crippen LogP contribution in [0.3, 0.4) is 0 Å². The third-order valence-electron chi connectivity index (χ3n) is 4.14. The van der Waals surface area contributed by atoms with E-state index in [-0.39, 0.29) is 0 Å². The molecule has 1 aromatic rings. The quantitative estimate of drug-likeness (QED) is 0.663. The van der Waals surface area contributed by atoms with Gasteiger partial charge in [-0.2, -0.15) is 0 Å². The number of rotatable bonds is 5. The van der Waals surface area contributed by atoms with Gasteiger partial charge in [-0.25, -0.2) is 0 Å². The number of benzene rings is 1. The molecule has 0 atom stereocenters. The van der Waals surface area contributed by atoms with Gasteiger partial charge in [0.15, 0.2) is 0 Å². The average molecular weight is 371 g/mol. The maximum Gasteiger partial charge on any atom is 0.0479 e. The lowest BCUT2D eigenvalue weighted by Gasteiger charge is -2.26. The molecule has 1 fully saturated rings. The molecule has 1 aliphatic rings. The molecule has 1 nitrogen and oxygen atoms in total. The average Bonchev–Trinajstić information content (AvgIpc) is 2.47. The normalized spacial score (nSPS) is 17.5. The summed E-state index contributed by atoms with van der Waals surface area (Å²) in [5.74, 6) is 0.708. The van der Waals surface area contributed by atoms with Crippen molar-refractivity contribution in [3.8, 4) is 0 Å². The first-order valence-electron chi connectivity index (χ1n) is 7.95. The summed E-state index contributed by atoms with van der Waals surface area (Å²) in [6.45, 7) is 5.36. The maximum atomic E-state index is 6.36. The zero-order valence-electron chi connectivity index (χ0n) is 13.0. The smallest absolute Gasteiger partial charge is 0.0479 e. The van der Waals surface area contributed by atoms with Gasteiger partial charge in [0.05, 0.1) is 0 Å². The summed E-state index contributed by atoms with van der Waals surface area (Å²) in [5, 5.41) is 4.40. The van der Waals surface area contributed by atoms with E-state index in [0.29, 0.717) is 12.0 Å². The molecule has 116 valence electrons. The van der Waals surface area contributed by atoms with Crippen LogP contribution in [0, 0.1) is 5.92 Å². The molecule has 2 rings (SSSR count). The van der Waals surface area contributed by atoms with Gasteiger partial charge < -0.3 is 5.32 Å². The Morgan fingerprint density at radius 1 is 1.33 bits per heavy atom. The van der Waals surface area contributed by atoms with Crippen molar-refractivity contribution in [3.63, 3.8) is 0 Å². The Balaban J connectivity index is 2.23. The highest BCUT2D eigenvalue weighted by molar-refractivity contribution is 9.10. The minimum atomic E-state index is 0.509.